The number of rotatable bonds is 5. The lowest BCUT2D eigenvalue weighted by Gasteiger charge is -2.25. The van der Waals surface area contributed by atoms with E-state index in [0.29, 0.717) is 32.2 Å². The van der Waals surface area contributed by atoms with E-state index in [2.05, 4.69) is 0 Å². The molecular weight excluding hydrogens is 479 g/mol. The van der Waals surface area contributed by atoms with Crippen LogP contribution in [-0.4, -0.2) is 55.3 Å². The fourth-order valence-corrected chi connectivity index (χ4v) is 4.71. The number of hydrogen-bond acceptors (Lipinski definition) is 7. The third-order valence-corrected chi connectivity index (χ3v) is 6.45. The molecular formula is C25H24F3N3O5. The van der Waals surface area contributed by atoms with Gasteiger partial charge in [0.2, 0.25) is 5.43 Å². The topological polar surface area (TPSA) is 96.0 Å². The lowest BCUT2D eigenvalue weighted by atomic mass is 10.1. The zero-order valence-corrected chi connectivity index (χ0v) is 19.4. The van der Waals surface area contributed by atoms with Crippen molar-refractivity contribution in [2.75, 3.05) is 37.7 Å². The van der Waals surface area contributed by atoms with E-state index in [9.17, 15) is 18.4 Å². The largest absolute Gasteiger partial charge is 0.462 e. The van der Waals surface area contributed by atoms with Crippen LogP contribution in [0.15, 0.2) is 41.3 Å². The molecule has 2 fully saturated rings. The lowest BCUT2D eigenvalue weighted by molar-refractivity contribution is -0.148. The minimum absolute atomic E-state index is 0.000381. The summed E-state index contributed by atoms with van der Waals surface area (Å²) in [6.45, 7) is 2.83. The Morgan fingerprint density at radius 3 is 2.67 bits per heavy atom. The number of ether oxygens (including phenoxy) is 3. The van der Waals surface area contributed by atoms with Gasteiger partial charge in [-0.25, -0.2) is 18.0 Å². The van der Waals surface area contributed by atoms with Crippen LogP contribution in [0.25, 0.3) is 16.6 Å². The monoisotopic (exact) mass is 503 g/mol. The molecule has 5 rings (SSSR count). The second kappa shape index (κ2) is 9.23. The molecule has 1 spiro atoms. The molecule has 190 valence electrons. The van der Waals surface area contributed by atoms with Gasteiger partial charge in [0, 0.05) is 37.2 Å². The molecule has 2 saturated heterocycles. The van der Waals surface area contributed by atoms with Crippen molar-refractivity contribution in [1.82, 2.24) is 4.57 Å². The van der Waals surface area contributed by atoms with Crippen LogP contribution in [0.1, 0.15) is 23.7 Å². The van der Waals surface area contributed by atoms with Crippen molar-refractivity contribution in [2.45, 2.75) is 25.2 Å². The van der Waals surface area contributed by atoms with Gasteiger partial charge < -0.3 is 29.4 Å². The van der Waals surface area contributed by atoms with E-state index in [1.165, 1.54) is 16.7 Å². The van der Waals surface area contributed by atoms with Gasteiger partial charge in [-0.2, -0.15) is 0 Å². The minimum Gasteiger partial charge on any atom is -0.462 e. The fourth-order valence-electron chi connectivity index (χ4n) is 4.71. The highest BCUT2D eigenvalue weighted by atomic mass is 19.1. The van der Waals surface area contributed by atoms with E-state index >= 15 is 4.39 Å². The second-order valence-electron chi connectivity index (χ2n) is 8.75. The number of benzene rings is 2. The van der Waals surface area contributed by atoms with Crippen molar-refractivity contribution in [1.29, 1.82) is 0 Å². The van der Waals surface area contributed by atoms with E-state index in [1.54, 1.807) is 11.8 Å². The SMILES string of the molecule is CCOC(=O)c1cn(-c2ccc(F)cc2F)c2cc(N3CCC4(C3)OCC(CN)O4)c(F)cc2c1=O. The van der Waals surface area contributed by atoms with Gasteiger partial charge in [0.1, 0.15) is 23.0 Å². The standard InChI is InChI=1S/C25H24F3N3O5/c1-2-34-24(33)17-11-31(20-4-3-14(26)7-18(20)27)21-9-22(19(28)8-16(21)23(17)32)30-6-5-25(13-30)35-12-15(10-29)36-25/h3-4,7-9,11,15H,2,5-6,10,12-13,29H2,1H3. The molecule has 3 aromatic rings. The van der Waals surface area contributed by atoms with Crippen molar-refractivity contribution in [3.8, 4) is 5.69 Å². The van der Waals surface area contributed by atoms with Crippen molar-refractivity contribution in [3.63, 3.8) is 0 Å². The Balaban J connectivity index is 1.66. The Hall–Kier alpha value is -3.41. The molecule has 0 saturated carbocycles. The maximum absolute atomic E-state index is 15.4. The smallest absolute Gasteiger partial charge is 0.343 e. The van der Waals surface area contributed by atoms with Gasteiger partial charge in [0.05, 0.1) is 42.8 Å². The molecule has 11 heteroatoms. The average molecular weight is 503 g/mol. The van der Waals surface area contributed by atoms with Crippen LogP contribution < -0.4 is 16.1 Å². The normalized spacial score (nSPS) is 21.6. The summed E-state index contributed by atoms with van der Waals surface area (Å²) in [7, 11) is 0. The van der Waals surface area contributed by atoms with Crippen LogP contribution >= 0.6 is 0 Å². The number of carbonyl (C=O) groups is 1. The van der Waals surface area contributed by atoms with Crippen molar-refractivity contribution in [2.24, 2.45) is 5.73 Å². The van der Waals surface area contributed by atoms with E-state index in [1.807, 2.05) is 0 Å². The summed E-state index contributed by atoms with van der Waals surface area (Å²) in [4.78, 5) is 27.3. The molecule has 0 aliphatic carbocycles. The molecule has 0 radical (unpaired) electrons. The number of halogens is 3. The summed E-state index contributed by atoms with van der Waals surface area (Å²) in [5.41, 5.74) is 4.65. The lowest BCUT2D eigenvalue weighted by Crippen LogP contribution is -2.36. The Labute approximate surface area is 203 Å². The zero-order chi connectivity index (χ0) is 25.6. The Bertz CT molecular complexity index is 1410. The summed E-state index contributed by atoms with van der Waals surface area (Å²) in [5.74, 6) is -4.29. The maximum Gasteiger partial charge on any atom is 0.343 e. The molecule has 2 unspecified atom stereocenters. The fraction of sp³-hybridized carbons (Fsp3) is 0.360. The molecule has 8 nitrogen and oxygen atoms in total. The predicted molar refractivity (Wildman–Crippen MR) is 125 cm³/mol. The minimum atomic E-state index is -0.934. The molecule has 1 aromatic heterocycles. The van der Waals surface area contributed by atoms with Crippen molar-refractivity contribution in [3.05, 3.63) is 69.8 Å². The summed E-state index contributed by atoms with van der Waals surface area (Å²) in [5, 5.41) is -0.156. The van der Waals surface area contributed by atoms with Gasteiger partial charge in [-0.05, 0) is 31.2 Å². The number of esters is 1. The van der Waals surface area contributed by atoms with Crippen LogP contribution in [0.2, 0.25) is 0 Å². The van der Waals surface area contributed by atoms with Gasteiger partial charge in [-0.3, -0.25) is 4.79 Å². The molecule has 2 N–H and O–H groups in total. The molecule has 36 heavy (non-hydrogen) atoms. The van der Waals surface area contributed by atoms with Crippen LogP contribution in [0.3, 0.4) is 0 Å². The number of hydrogen-bond donors (Lipinski definition) is 1. The van der Waals surface area contributed by atoms with Crippen LogP contribution in [0.5, 0.6) is 0 Å². The van der Waals surface area contributed by atoms with Crippen LogP contribution in [-0.2, 0) is 14.2 Å². The molecule has 2 atom stereocenters. The number of aromatic nitrogens is 1. The molecule has 3 heterocycles. The molecule has 2 aliphatic rings. The first kappa shape index (κ1) is 24.3. The summed E-state index contributed by atoms with van der Waals surface area (Å²) in [6, 6.07) is 5.31. The highest BCUT2D eigenvalue weighted by Crippen LogP contribution is 2.37. The Morgan fingerprint density at radius 1 is 1.19 bits per heavy atom. The predicted octanol–water partition coefficient (Wildman–Crippen LogP) is 2.87. The third kappa shape index (κ3) is 4.12. The number of pyridine rings is 1. The first-order valence-electron chi connectivity index (χ1n) is 11.5. The van der Waals surface area contributed by atoms with E-state index < -0.39 is 40.2 Å². The highest BCUT2D eigenvalue weighted by Gasteiger charge is 2.47. The summed E-state index contributed by atoms with van der Waals surface area (Å²) < 4.78 is 61.8. The number of anilines is 1. The van der Waals surface area contributed by atoms with Gasteiger partial charge in [-0.1, -0.05) is 0 Å². The van der Waals surface area contributed by atoms with Crippen LogP contribution in [0.4, 0.5) is 18.9 Å². The first-order valence-corrected chi connectivity index (χ1v) is 11.5. The number of carbonyl (C=O) groups excluding carboxylic acids is 1. The maximum atomic E-state index is 15.4. The van der Waals surface area contributed by atoms with Gasteiger partial charge in [0.25, 0.3) is 0 Å². The molecule has 0 bridgehead atoms. The van der Waals surface area contributed by atoms with E-state index in [-0.39, 0.29) is 41.5 Å². The quantitative estimate of drug-likeness (QED) is 0.535. The van der Waals surface area contributed by atoms with Crippen molar-refractivity contribution < 1.29 is 32.2 Å². The summed E-state index contributed by atoms with van der Waals surface area (Å²) in [6.07, 6.45) is 1.35. The van der Waals surface area contributed by atoms with Gasteiger partial charge >= 0.3 is 5.97 Å². The number of nitrogens with two attached hydrogens (primary N) is 1. The van der Waals surface area contributed by atoms with Gasteiger partial charge in [0.15, 0.2) is 5.79 Å². The highest BCUT2D eigenvalue weighted by molar-refractivity contribution is 5.95. The number of fused-ring (bicyclic) bond motifs is 1. The van der Waals surface area contributed by atoms with Crippen molar-refractivity contribution >= 4 is 22.6 Å². The third-order valence-electron chi connectivity index (χ3n) is 6.45. The molecule has 2 aromatic carbocycles. The number of nitrogens with zero attached hydrogens (tertiary/aromatic N) is 2. The first-order chi connectivity index (χ1) is 17.2. The van der Waals surface area contributed by atoms with Crippen LogP contribution in [0, 0.1) is 17.5 Å². The zero-order valence-electron chi connectivity index (χ0n) is 19.4. The average Bonchev–Trinajstić information content (AvgIpc) is 3.46. The Morgan fingerprint density at radius 2 is 1.97 bits per heavy atom. The summed E-state index contributed by atoms with van der Waals surface area (Å²) >= 11 is 0. The molecule has 0 amide bonds. The van der Waals surface area contributed by atoms with E-state index in [4.69, 9.17) is 19.9 Å². The second-order valence-corrected chi connectivity index (χ2v) is 8.75. The van der Waals surface area contributed by atoms with E-state index in [0.717, 1.165) is 18.3 Å². The van der Waals surface area contributed by atoms with Gasteiger partial charge in [-0.15, -0.1) is 0 Å². The molecule has 2 aliphatic heterocycles. The Kier molecular flexibility index (Phi) is 6.23.